The highest BCUT2D eigenvalue weighted by Crippen LogP contribution is 2.33. The molecule has 38 heavy (non-hydrogen) atoms. The average Bonchev–Trinajstić information content (AvgIpc) is 3.68. The molecule has 0 amide bonds. The number of rotatable bonds is 5. The van der Waals surface area contributed by atoms with Crippen LogP contribution in [0.5, 0.6) is 5.75 Å². The van der Waals surface area contributed by atoms with Crippen LogP contribution in [-0.4, -0.2) is 26.9 Å². The van der Waals surface area contributed by atoms with E-state index in [1.807, 2.05) is 31.2 Å². The van der Waals surface area contributed by atoms with Crippen LogP contribution in [0.3, 0.4) is 0 Å². The zero-order chi connectivity index (χ0) is 26.4. The summed E-state index contributed by atoms with van der Waals surface area (Å²) in [5, 5.41) is 4.12. The van der Waals surface area contributed by atoms with Crippen molar-refractivity contribution in [1.82, 2.24) is 14.5 Å². The summed E-state index contributed by atoms with van der Waals surface area (Å²) >= 11 is 0. The fourth-order valence-corrected chi connectivity index (χ4v) is 4.31. The van der Waals surface area contributed by atoms with E-state index in [0.29, 0.717) is 33.5 Å². The topological polar surface area (TPSA) is 64.3 Å². The Labute approximate surface area is 214 Å². The maximum absolute atomic E-state index is 14.4. The quantitative estimate of drug-likeness (QED) is 0.208. The summed E-state index contributed by atoms with van der Waals surface area (Å²) in [5.74, 6) is -0.809. The molecule has 1 aromatic heterocycles. The van der Waals surface area contributed by atoms with Crippen molar-refractivity contribution < 1.29 is 22.3 Å². The molecule has 3 aliphatic rings. The third-order valence-electron chi connectivity index (χ3n) is 6.23. The van der Waals surface area contributed by atoms with Gasteiger partial charge in [0.25, 0.3) is 0 Å². The summed E-state index contributed by atoms with van der Waals surface area (Å²) in [6.45, 7) is 1.90. The van der Waals surface area contributed by atoms with Crippen LogP contribution in [0.2, 0.25) is 0 Å². The summed E-state index contributed by atoms with van der Waals surface area (Å²) in [6.07, 6.45) is -1.10. The lowest BCUT2D eigenvalue weighted by atomic mass is 10.1. The molecule has 6 nitrogen and oxygen atoms in total. The molecule has 0 spiro atoms. The monoisotopic (exact) mass is 519 g/mol. The van der Waals surface area contributed by atoms with E-state index in [-0.39, 0.29) is 11.8 Å². The predicted molar refractivity (Wildman–Crippen MR) is 135 cm³/mol. The van der Waals surface area contributed by atoms with E-state index in [1.54, 1.807) is 16.8 Å². The zero-order valence-electron chi connectivity index (χ0n) is 20.1. The van der Waals surface area contributed by atoms with Gasteiger partial charge in [-0.3, -0.25) is 9.98 Å². The lowest BCUT2D eigenvalue weighted by Gasteiger charge is -2.21. The molecular weight excluding hydrogens is 498 g/mol. The molecule has 3 aromatic rings. The van der Waals surface area contributed by atoms with E-state index in [4.69, 9.17) is 9.98 Å². The first-order valence-electron chi connectivity index (χ1n) is 12.0. The Morgan fingerprint density at radius 1 is 1.00 bits per heavy atom. The first-order chi connectivity index (χ1) is 18.2. The van der Waals surface area contributed by atoms with Crippen LogP contribution in [0, 0.1) is 12.7 Å². The average molecular weight is 520 g/mol. The first kappa shape index (κ1) is 23.9. The summed E-state index contributed by atoms with van der Waals surface area (Å²) in [7, 11) is 0. The molecule has 1 saturated carbocycles. The normalized spacial score (nSPS) is 14.3. The van der Waals surface area contributed by atoms with Crippen molar-refractivity contribution in [1.29, 1.82) is 0 Å². The number of aromatic nitrogens is 3. The van der Waals surface area contributed by atoms with Crippen LogP contribution in [0.1, 0.15) is 18.5 Å². The van der Waals surface area contributed by atoms with E-state index in [2.05, 4.69) is 15.0 Å². The fourth-order valence-electron chi connectivity index (χ4n) is 4.31. The number of hydrogen-bond acceptors (Lipinski definition) is 5. The van der Waals surface area contributed by atoms with Gasteiger partial charge in [0, 0.05) is 18.0 Å². The SMILES string of the molecule is Cc1ncccc1Nc1cc2nc3ccc(F)cc3n(-c3ccc(OC(F)(F)F)cc3)c-2cc1=NC1CC1. The number of hydrogen-bond donors (Lipinski definition) is 1. The minimum absolute atomic E-state index is 0.209. The molecule has 1 fully saturated rings. The summed E-state index contributed by atoms with van der Waals surface area (Å²) < 4.78 is 58.3. The van der Waals surface area contributed by atoms with Gasteiger partial charge < -0.3 is 14.6 Å². The van der Waals surface area contributed by atoms with Crippen molar-refractivity contribution in [3.63, 3.8) is 0 Å². The van der Waals surface area contributed by atoms with Crippen LogP contribution < -0.4 is 15.4 Å². The molecule has 2 heterocycles. The molecular formula is C28H21F4N5O. The van der Waals surface area contributed by atoms with Crippen LogP contribution >= 0.6 is 0 Å². The van der Waals surface area contributed by atoms with E-state index < -0.39 is 12.2 Å². The largest absolute Gasteiger partial charge is 0.573 e. The number of ether oxygens (including phenoxy) is 1. The van der Waals surface area contributed by atoms with Gasteiger partial charge in [0.2, 0.25) is 0 Å². The molecule has 0 radical (unpaired) electrons. The van der Waals surface area contributed by atoms with Crippen LogP contribution in [0.25, 0.3) is 28.1 Å². The number of anilines is 2. The van der Waals surface area contributed by atoms with Crippen molar-refractivity contribution in [2.24, 2.45) is 4.99 Å². The Morgan fingerprint density at radius 3 is 2.50 bits per heavy atom. The maximum Gasteiger partial charge on any atom is 0.573 e. The standard InChI is InChI=1S/C28H21F4N5O/c1-16-21(3-2-12-33-16)35-23-14-25-27(15-24(23)34-18-5-6-18)37(26-13-17(29)4-11-22(26)36-25)19-7-9-20(10-8-19)38-28(30,31)32/h2-4,7-15,18,35H,5-6H2,1H3. The molecule has 192 valence electrons. The Morgan fingerprint density at radius 2 is 1.79 bits per heavy atom. The van der Waals surface area contributed by atoms with Crippen molar-refractivity contribution in [3.05, 3.63) is 89.8 Å². The second-order valence-electron chi connectivity index (χ2n) is 9.10. The van der Waals surface area contributed by atoms with Gasteiger partial charge in [0.05, 0.1) is 50.9 Å². The van der Waals surface area contributed by atoms with Crippen LogP contribution in [-0.2, 0) is 0 Å². The molecule has 10 heteroatoms. The molecule has 1 aliphatic heterocycles. The van der Waals surface area contributed by atoms with Crippen LogP contribution in [0.15, 0.2) is 77.9 Å². The number of pyridine rings is 1. The summed E-state index contributed by atoms with van der Waals surface area (Å²) in [4.78, 5) is 14.0. The van der Waals surface area contributed by atoms with Crippen molar-refractivity contribution in [3.8, 4) is 22.8 Å². The molecule has 0 unspecified atom stereocenters. The predicted octanol–water partition coefficient (Wildman–Crippen LogP) is 6.68. The molecule has 0 atom stereocenters. The third-order valence-corrected chi connectivity index (χ3v) is 6.23. The third kappa shape index (κ3) is 4.89. The minimum Gasteiger partial charge on any atom is -0.406 e. The molecule has 0 bridgehead atoms. The van der Waals surface area contributed by atoms with E-state index in [1.165, 1.54) is 36.4 Å². The number of nitrogens with zero attached hydrogens (tertiary/aromatic N) is 4. The van der Waals surface area contributed by atoms with Gasteiger partial charge in [-0.15, -0.1) is 13.2 Å². The molecule has 1 N–H and O–H groups in total. The second-order valence-corrected chi connectivity index (χ2v) is 9.10. The van der Waals surface area contributed by atoms with Crippen molar-refractivity contribution >= 4 is 22.4 Å². The Balaban J connectivity index is 1.58. The van der Waals surface area contributed by atoms with Crippen molar-refractivity contribution in [2.45, 2.75) is 32.2 Å². The van der Waals surface area contributed by atoms with E-state index >= 15 is 0 Å². The van der Waals surface area contributed by atoms with E-state index in [0.717, 1.165) is 29.9 Å². The van der Waals surface area contributed by atoms with Gasteiger partial charge in [-0.25, -0.2) is 9.37 Å². The van der Waals surface area contributed by atoms with Gasteiger partial charge >= 0.3 is 6.36 Å². The second kappa shape index (κ2) is 9.13. The number of nitrogens with one attached hydrogen (secondary N) is 1. The van der Waals surface area contributed by atoms with Gasteiger partial charge in [-0.05, 0) is 80.4 Å². The number of aryl methyl sites for hydroxylation is 1. The van der Waals surface area contributed by atoms with E-state index in [9.17, 15) is 17.6 Å². The van der Waals surface area contributed by atoms with Gasteiger partial charge in [-0.1, -0.05) is 0 Å². The molecule has 0 saturated heterocycles. The van der Waals surface area contributed by atoms with Crippen LogP contribution in [0.4, 0.5) is 28.9 Å². The van der Waals surface area contributed by atoms with Gasteiger partial charge in [0.15, 0.2) is 0 Å². The summed E-state index contributed by atoms with van der Waals surface area (Å²) in [5.41, 5.74) is 5.11. The lowest BCUT2D eigenvalue weighted by Crippen LogP contribution is -2.17. The van der Waals surface area contributed by atoms with Gasteiger partial charge in [0.1, 0.15) is 11.6 Å². The van der Waals surface area contributed by atoms with Crippen molar-refractivity contribution in [2.75, 3.05) is 5.32 Å². The molecule has 6 rings (SSSR count). The number of halogens is 4. The maximum atomic E-state index is 14.4. The number of alkyl halides is 3. The molecule has 2 aliphatic carbocycles. The van der Waals surface area contributed by atoms with Gasteiger partial charge in [-0.2, -0.15) is 0 Å². The smallest absolute Gasteiger partial charge is 0.406 e. The Bertz CT molecular complexity index is 1690. The Kier molecular flexibility index (Phi) is 5.74. The highest BCUT2D eigenvalue weighted by atomic mass is 19.4. The highest BCUT2D eigenvalue weighted by molar-refractivity contribution is 5.84. The number of benzene rings is 3. The summed E-state index contributed by atoms with van der Waals surface area (Å²) in [6, 6.07) is 17.4. The first-order valence-corrected chi connectivity index (χ1v) is 12.0. The zero-order valence-corrected chi connectivity index (χ0v) is 20.1. The minimum atomic E-state index is -4.80. The number of fused-ring (bicyclic) bond motifs is 2. The lowest BCUT2D eigenvalue weighted by molar-refractivity contribution is -0.274. The highest BCUT2D eigenvalue weighted by Gasteiger charge is 2.31. The Hall–Kier alpha value is -4.47. The molecule has 2 aromatic carbocycles. The fraction of sp³-hybridized carbons (Fsp3) is 0.179.